The number of rotatable bonds is 4. The smallest absolute Gasteiger partial charge is 0.308 e. The Balaban J connectivity index is 1.63. The zero-order chi connectivity index (χ0) is 17.8. The number of benzene rings is 2. The van der Waals surface area contributed by atoms with Gasteiger partial charge < -0.3 is 15.4 Å². The number of nitrogens with one attached hydrogen (secondary N) is 2. The number of carbonyl (C=O) groups is 3. The molecule has 0 bridgehead atoms. The van der Waals surface area contributed by atoms with Crippen molar-refractivity contribution in [1.82, 2.24) is 0 Å². The van der Waals surface area contributed by atoms with E-state index in [1.165, 1.54) is 18.7 Å². The molecule has 2 aromatic rings. The van der Waals surface area contributed by atoms with Crippen LogP contribution in [0.4, 0.5) is 11.4 Å². The standard InChI is InChI=1S/C18H16N2O4S/c1-11(21)24-13-6-4-5-12(9-13)19-17(22)10-16-18(23)20-14-7-2-3-8-15(14)25-16/h2-9,16H,10H2,1H3,(H,19,22)(H,20,23)/t16-/m0/s1. The van der Waals surface area contributed by atoms with Crippen LogP contribution in [-0.4, -0.2) is 23.0 Å². The summed E-state index contributed by atoms with van der Waals surface area (Å²) in [6.45, 7) is 1.31. The monoisotopic (exact) mass is 356 g/mol. The molecule has 0 unspecified atom stereocenters. The minimum absolute atomic E-state index is 0.0443. The lowest BCUT2D eigenvalue weighted by molar-refractivity contribution is -0.131. The number of hydrogen-bond donors (Lipinski definition) is 2. The minimum Gasteiger partial charge on any atom is -0.427 e. The van der Waals surface area contributed by atoms with Crippen LogP contribution in [0.3, 0.4) is 0 Å². The Morgan fingerprint density at radius 1 is 1.20 bits per heavy atom. The molecule has 1 atom stereocenters. The second-order valence-corrected chi connectivity index (χ2v) is 6.71. The van der Waals surface area contributed by atoms with Crippen molar-refractivity contribution in [3.05, 3.63) is 48.5 Å². The third-order valence-electron chi connectivity index (χ3n) is 3.46. The van der Waals surface area contributed by atoms with Crippen molar-refractivity contribution in [2.45, 2.75) is 23.5 Å². The minimum atomic E-state index is -0.494. The molecule has 7 heteroatoms. The first-order chi connectivity index (χ1) is 12.0. The van der Waals surface area contributed by atoms with Gasteiger partial charge in [-0.15, -0.1) is 11.8 Å². The van der Waals surface area contributed by atoms with Crippen LogP contribution < -0.4 is 15.4 Å². The molecular formula is C18H16N2O4S. The van der Waals surface area contributed by atoms with Gasteiger partial charge in [0.1, 0.15) is 5.75 Å². The Bertz CT molecular complexity index is 837. The fourth-order valence-electron chi connectivity index (χ4n) is 2.41. The highest BCUT2D eigenvalue weighted by Gasteiger charge is 2.28. The largest absolute Gasteiger partial charge is 0.427 e. The molecule has 128 valence electrons. The highest BCUT2D eigenvalue weighted by molar-refractivity contribution is 8.01. The maximum Gasteiger partial charge on any atom is 0.308 e. The van der Waals surface area contributed by atoms with Crippen LogP contribution in [-0.2, 0) is 14.4 Å². The first-order valence-electron chi connectivity index (χ1n) is 7.66. The number of fused-ring (bicyclic) bond motifs is 1. The van der Waals surface area contributed by atoms with E-state index >= 15 is 0 Å². The molecule has 0 aliphatic carbocycles. The average Bonchev–Trinajstić information content (AvgIpc) is 2.55. The molecule has 0 fully saturated rings. The van der Waals surface area contributed by atoms with E-state index in [1.54, 1.807) is 24.3 Å². The Labute approximate surface area is 148 Å². The van der Waals surface area contributed by atoms with Gasteiger partial charge in [-0.25, -0.2) is 0 Å². The Morgan fingerprint density at radius 2 is 2.00 bits per heavy atom. The average molecular weight is 356 g/mol. The van der Waals surface area contributed by atoms with Crippen molar-refractivity contribution in [3.63, 3.8) is 0 Å². The fraction of sp³-hybridized carbons (Fsp3) is 0.167. The van der Waals surface area contributed by atoms with Crippen LogP contribution in [0.15, 0.2) is 53.4 Å². The Kier molecular flexibility index (Phi) is 5.04. The SMILES string of the molecule is CC(=O)Oc1cccc(NC(=O)C[C@@H]2Sc3ccccc3NC2=O)c1. The second-order valence-electron chi connectivity index (χ2n) is 5.47. The summed E-state index contributed by atoms with van der Waals surface area (Å²) in [5.74, 6) is -0.555. The number of hydrogen-bond acceptors (Lipinski definition) is 5. The summed E-state index contributed by atoms with van der Waals surface area (Å²) < 4.78 is 4.98. The third kappa shape index (κ3) is 4.39. The number of para-hydroxylation sites is 1. The number of anilines is 2. The van der Waals surface area contributed by atoms with Crippen LogP contribution in [0.5, 0.6) is 5.75 Å². The van der Waals surface area contributed by atoms with E-state index in [-0.39, 0.29) is 18.2 Å². The molecule has 25 heavy (non-hydrogen) atoms. The quantitative estimate of drug-likeness (QED) is 0.650. The predicted octanol–water partition coefficient (Wildman–Crippen LogP) is 3.05. The van der Waals surface area contributed by atoms with E-state index in [1.807, 2.05) is 24.3 Å². The van der Waals surface area contributed by atoms with E-state index in [2.05, 4.69) is 10.6 Å². The molecule has 0 aromatic heterocycles. The lowest BCUT2D eigenvalue weighted by atomic mass is 10.2. The van der Waals surface area contributed by atoms with Crippen molar-refractivity contribution < 1.29 is 19.1 Å². The number of ether oxygens (including phenoxy) is 1. The van der Waals surface area contributed by atoms with Crippen molar-refractivity contribution in [2.24, 2.45) is 0 Å². The molecule has 0 saturated carbocycles. The zero-order valence-electron chi connectivity index (χ0n) is 13.4. The fourth-order valence-corrected chi connectivity index (χ4v) is 3.52. The normalized spacial score (nSPS) is 15.7. The van der Waals surface area contributed by atoms with Gasteiger partial charge in [0.2, 0.25) is 11.8 Å². The molecule has 0 saturated heterocycles. The highest BCUT2D eigenvalue weighted by Crippen LogP contribution is 2.36. The Hall–Kier alpha value is -2.80. The lowest BCUT2D eigenvalue weighted by Crippen LogP contribution is -2.32. The van der Waals surface area contributed by atoms with Gasteiger partial charge in [0.15, 0.2) is 0 Å². The number of carbonyl (C=O) groups excluding carboxylic acids is 3. The predicted molar refractivity (Wildman–Crippen MR) is 95.7 cm³/mol. The van der Waals surface area contributed by atoms with E-state index in [4.69, 9.17) is 4.74 Å². The summed E-state index contributed by atoms with van der Waals surface area (Å²) in [7, 11) is 0. The van der Waals surface area contributed by atoms with Gasteiger partial charge in [0.05, 0.1) is 10.9 Å². The van der Waals surface area contributed by atoms with E-state index in [0.29, 0.717) is 11.4 Å². The highest BCUT2D eigenvalue weighted by atomic mass is 32.2. The van der Waals surface area contributed by atoms with E-state index in [0.717, 1.165) is 10.6 Å². The number of esters is 1. The van der Waals surface area contributed by atoms with Gasteiger partial charge in [0.25, 0.3) is 0 Å². The van der Waals surface area contributed by atoms with Crippen LogP contribution in [0.25, 0.3) is 0 Å². The van der Waals surface area contributed by atoms with Crippen LogP contribution >= 0.6 is 11.8 Å². The molecule has 2 amide bonds. The van der Waals surface area contributed by atoms with Crippen molar-refractivity contribution in [2.75, 3.05) is 10.6 Å². The molecule has 1 aliphatic rings. The molecule has 1 aliphatic heterocycles. The molecule has 1 heterocycles. The summed E-state index contributed by atoms with van der Waals surface area (Å²) in [5, 5.41) is 5.04. The van der Waals surface area contributed by atoms with Crippen LogP contribution in [0.1, 0.15) is 13.3 Å². The van der Waals surface area contributed by atoms with Gasteiger partial charge in [-0.1, -0.05) is 18.2 Å². The lowest BCUT2D eigenvalue weighted by Gasteiger charge is -2.23. The first kappa shape index (κ1) is 17.0. The summed E-state index contributed by atoms with van der Waals surface area (Å²) in [6, 6.07) is 14.0. The summed E-state index contributed by atoms with van der Waals surface area (Å²) in [5.41, 5.74) is 1.27. The summed E-state index contributed by atoms with van der Waals surface area (Å²) >= 11 is 1.37. The molecule has 0 spiro atoms. The zero-order valence-corrected chi connectivity index (χ0v) is 14.3. The molecule has 6 nitrogen and oxygen atoms in total. The molecular weight excluding hydrogens is 340 g/mol. The Morgan fingerprint density at radius 3 is 2.80 bits per heavy atom. The third-order valence-corrected chi connectivity index (χ3v) is 4.73. The maximum absolute atomic E-state index is 12.3. The van der Waals surface area contributed by atoms with Gasteiger partial charge in [-0.2, -0.15) is 0 Å². The van der Waals surface area contributed by atoms with Gasteiger partial charge in [-0.3, -0.25) is 14.4 Å². The van der Waals surface area contributed by atoms with Crippen molar-refractivity contribution in [3.8, 4) is 5.75 Å². The van der Waals surface area contributed by atoms with E-state index < -0.39 is 11.2 Å². The van der Waals surface area contributed by atoms with Crippen LogP contribution in [0, 0.1) is 0 Å². The molecule has 0 radical (unpaired) electrons. The number of thioether (sulfide) groups is 1. The van der Waals surface area contributed by atoms with Gasteiger partial charge in [0, 0.05) is 30.0 Å². The van der Waals surface area contributed by atoms with Gasteiger partial charge >= 0.3 is 5.97 Å². The van der Waals surface area contributed by atoms with Crippen molar-refractivity contribution in [1.29, 1.82) is 0 Å². The molecule has 3 rings (SSSR count). The van der Waals surface area contributed by atoms with Gasteiger partial charge in [-0.05, 0) is 24.3 Å². The first-order valence-corrected chi connectivity index (χ1v) is 8.54. The molecule has 2 aromatic carbocycles. The van der Waals surface area contributed by atoms with Crippen molar-refractivity contribution >= 4 is 40.9 Å². The summed E-state index contributed by atoms with van der Waals surface area (Å²) in [4.78, 5) is 36.3. The summed E-state index contributed by atoms with van der Waals surface area (Å²) in [6.07, 6.45) is 0.0443. The topological polar surface area (TPSA) is 84.5 Å². The number of amides is 2. The van der Waals surface area contributed by atoms with Crippen LogP contribution in [0.2, 0.25) is 0 Å². The van der Waals surface area contributed by atoms with E-state index in [9.17, 15) is 14.4 Å². The molecule has 2 N–H and O–H groups in total. The second kappa shape index (κ2) is 7.40. The maximum atomic E-state index is 12.3.